The Morgan fingerprint density at radius 1 is 1.20 bits per heavy atom. The maximum Gasteiger partial charge on any atom is 0.318 e. The number of amides is 4. The van der Waals surface area contributed by atoms with Gasteiger partial charge in [-0.25, -0.2) is 4.79 Å². The lowest BCUT2D eigenvalue weighted by molar-refractivity contribution is -0.151. The van der Waals surface area contributed by atoms with Gasteiger partial charge in [-0.3, -0.25) is 19.7 Å². The van der Waals surface area contributed by atoms with Gasteiger partial charge in [0.15, 0.2) is 6.10 Å². The molecule has 0 spiro atoms. The Morgan fingerprint density at radius 2 is 1.88 bits per heavy atom. The standard InChI is InChI=1S/C16H21N3O5S/c1-9-4-5-12(10(2)6-9)18-13(20)7-25-8-14(21)24-11(3)15(22)19-16(17)23/h4-6,11H,7-8H2,1-3H3,(H,18,20)(H3,17,19,22,23). The Kier molecular flexibility index (Phi) is 7.93. The van der Waals surface area contributed by atoms with Gasteiger partial charge in [-0.2, -0.15) is 0 Å². The first kappa shape index (κ1) is 20.5. The molecule has 9 heteroatoms. The number of anilines is 1. The van der Waals surface area contributed by atoms with E-state index in [0.29, 0.717) is 0 Å². The van der Waals surface area contributed by atoms with Gasteiger partial charge in [-0.05, 0) is 32.4 Å². The molecule has 0 bridgehead atoms. The number of carbonyl (C=O) groups excluding carboxylic acids is 4. The fourth-order valence-corrected chi connectivity index (χ4v) is 2.47. The molecule has 25 heavy (non-hydrogen) atoms. The van der Waals surface area contributed by atoms with Crippen LogP contribution in [0.5, 0.6) is 0 Å². The average Bonchev–Trinajstić information content (AvgIpc) is 2.49. The molecule has 0 aromatic heterocycles. The minimum Gasteiger partial charge on any atom is -0.452 e. The minimum absolute atomic E-state index is 0.0598. The molecule has 1 atom stereocenters. The van der Waals surface area contributed by atoms with Crippen molar-refractivity contribution in [2.24, 2.45) is 5.73 Å². The van der Waals surface area contributed by atoms with E-state index in [0.717, 1.165) is 28.6 Å². The molecule has 1 rings (SSSR count). The van der Waals surface area contributed by atoms with Crippen LogP contribution in [0.2, 0.25) is 0 Å². The number of primary amides is 1. The van der Waals surface area contributed by atoms with E-state index in [1.807, 2.05) is 37.4 Å². The first-order valence-electron chi connectivity index (χ1n) is 7.43. The van der Waals surface area contributed by atoms with E-state index in [1.54, 1.807) is 0 Å². The second kappa shape index (κ2) is 9.67. The normalized spacial score (nSPS) is 11.3. The van der Waals surface area contributed by atoms with Gasteiger partial charge >= 0.3 is 12.0 Å². The lowest BCUT2D eigenvalue weighted by Gasteiger charge is -2.12. The summed E-state index contributed by atoms with van der Waals surface area (Å²) in [4.78, 5) is 45.4. The number of urea groups is 1. The molecule has 0 saturated carbocycles. The predicted molar refractivity (Wildman–Crippen MR) is 95.2 cm³/mol. The predicted octanol–water partition coefficient (Wildman–Crippen LogP) is 1.10. The summed E-state index contributed by atoms with van der Waals surface area (Å²) in [6, 6.07) is 4.65. The zero-order chi connectivity index (χ0) is 19.0. The number of thioether (sulfide) groups is 1. The Morgan fingerprint density at radius 3 is 2.48 bits per heavy atom. The maximum atomic E-state index is 11.9. The van der Waals surface area contributed by atoms with E-state index in [2.05, 4.69) is 5.32 Å². The number of hydrogen-bond donors (Lipinski definition) is 3. The topological polar surface area (TPSA) is 128 Å². The summed E-state index contributed by atoms with van der Waals surface area (Å²) in [6.45, 7) is 5.17. The number of nitrogens with two attached hydrogens (primary N) is 1. The molecule has 1 aromatic carbocycles. The molecule has 1 unspecified atom stereocenters. The van der Waals surface area contributed by atoms with Gasteiger partial charge in [0.25, 0.3) is 5.91 Å². The molecule has 0 fully saturated rings. The molecule has 0 saturated heterocycles. The lowest BCUT2D eigenvalue weighted by atomic mass is 10.1. The molecule has 0 heterocycles. The molecular weight excluding hydrogens is 346 g/mol. The number of rotatable bonds is 7. The summed E-state index contributed by atoms with van der Waals surface area (Å²) in [7, 11) is 0. The number of benzene rings is 1. The molecule has 4 N–H and O–H groups in total. The minimum atomic E-state index is -1.15. The van der Waals surface area contributed by atoms with Crippen LogP contribution in [0.3, 0.4) is 0 Å². The van der Waals surface area contributed by atoms with Gasteiger partial charge in [0.2, 0.25) is 5.91 Å². The van der Waals surface area contributed by atoms with Gasteiger partial charge < -0.3 is 15.8 Å². The summed E-state index contributed by atoms with van der Waals surface area (Å²) < 4.78 is 4.83. The van der Waals surface area contributed by atoms with Crippen LogP contribution in [0, 0.1) is 13.8 Å². The number of nitrogens with one attached hydrogen (secondary N) is 2. The maximum absolute atomic E-state index is 11.9. The second-order valence-electron chi connectivity index (χ2n) is 5.34. The van der Waals surface area contributed by atoms with Crippen molar-refractivity contribution in [2.75, 3.05) is 16.8 Å². The number of esters is 1. The number of carbonyl (C=O) groups is 4. The van der Waals surface area contributed by atoms with E-state index in [4.69, 9.17) is 10.5 Å². The monoisotopic (exact) mass is 367 g/mol. The summed E-state index contributed by atoms with van der Waals surface area (Å²) >= 11 is 1.06. The first-order valence-corrected chi connectivity index (χ1v) is 8.59. The van der Waals surface area contributed by atoms with Crippen LogP contribution in [0.25, 0.3) is 0 Å². The van der Waals surface area contributed by atoms with Crippen molar-refractivity contribution in [2.45, 2.75) is 26.9 Å². The van der Waals surface area contributed by atoms with Crippen LogP contribution < -0.4 is 16.4 Å². The van der Waals surface area contributed by atoms with Crippen LogP contribution in [-0.2, 0) is 19.1 Å². The third kappa shape index (κ3) is 7.71. The lowest BCUT2D eigenvalue weighted by Crippen LogP contribution is -2.42. The number of hydrogen-bond acceptors (Lipinski definition) is 6. The Balaban J connectivity index is 2.33. The molecule has 136 valence electrons. The summed E-state index contributed by atoms with van der Waals surface area (Å²) in [5.74, 6) is -1.77. The average molecular weight is 367 g/mol. The molecule has 0 aliphatic heterocycles. The van der Waals surface area contributed by atoms with Crippen LogP contribution in [0.4, 0.5) is 10.5 Å². The summed E-state index contributed by atoms with van der Waals surface area (Å²) in [5.41, 5.74) is 7.57. The summed E-state index contributed by atoms with van der Waals surface area (Å²) in [6.07, 6.45) is -1.15. The largest absolute Gasteiger partial charge is 0.452 e. The summed E-state index contributed by atoms with van der Waals surface area (Å²) in [5, 5.41) is 4.57. The van der Waals surface area contributed by atoms with Crippen molar-refractivity contribution in [1.82, 2.24) is 5.32 Å². The zero-order valence-corrected chi connectivity index (χ0v) is 15.1. The second-order valence-corrected chi connectivity index (χ2v) is 6.33. The van der Waals surface area contributed by atoms with Crippen molar-refractivity contribution in [3.8, 4) is 0 Å². The Labute approximate surface area is 149 Å². The highest BCUT2D eigenvalue weighted by molar-refractivity contribution is 8.00. The van der Waals surface area contributed by atoms with Crippen molar-refractivity contribution >= 4 is 41.3 Å². The van der Waals surface area contributed by atoms with E-state index in [-0.39, 0.29) is 17.4 Å². The Bertz CT molecular complexity index is 678. The number of aryl methyl sites for hydroxylation is 2. The van der Waals surface area contributed by atoms with E-state index >= 15 is 0 Å². The van der Waals surface area contributed by atoms with Crippen molar-refractivity contribution < 1.29 is 23.9 Å². The molecule has 1 aromatic rings. The van der Waals surface area contributed by atoms with Crippen LogP contribution >= 0.6 is 11.8 Å². The molecule has 4 amide bonds. The van der Waals surface area contributed by atoms with Gasteiger partial charge in [0.05, 0.1) is 11.5 Å². The van der Waals surface area contributed by atoms with Gasteiger partial charge in [0, 0.05) is 5.69 Å². The smallest absolute Gasteiger partial charge is 0.318 e. The number of ether oxygens (including phenoxy) is 1. The fourth-order valence-electron chi connectivity index (χ4n) is 1.87. The fraction of sp³-hybridized carbons (Fsp3) is 0.375. The molecule has 8 nitrogen and oxygen atoms in total. The van der Waals surface area contributed by atoms with Crippen molar-refractivity contribution in [3.05, 3.63) is 29.3 Å². The highest BCUT2D eigenvalue weighted by Crippen LogP contribution is 2.16. The number of imide groups is 1. The first-order chi connectivity index (χ1) is 11.7. The van der Waals surface area contributed by atoms with Crippen LogP contribution in [0.1, 0.15) is 18.1 Å². The molecular formula is C16H21N3O5S. The van der Waals surface area contributed by atoms with Crippen LogP contribution in [0.15, 0.2) is 18.2 Å². The third-order valence-corrected chi connectivity index (χ3v) is 3.94. The zero-order valence-electron chi connectivity index (χ0n) is 14.3. The van der Waals surface area contributed by atoms with E-state index < -0.39 is 24.0 Å². The van der Waals surface area contributed by atoms with Crippen LogP contribution in [-0.4, -0.2) is 41.4 Å². The quantitative estimate of drug-likeness (QED) is 0.619. The Hall–Kier alpha value is -2.55. The van der Waals surface area contributed by atoms with E-state index in [9.17, 15) is 19.2 Å². The third-order valence-electron chi connectivity index (χ3n) is 3.03. The van der Waals surface area contributed by atoms with Gasteiger partial charge in [0.1, 0.15) is 0 Å². The van der Waals surface area contributed by atoms with Crippen molar-refractivity contribution in [3.63, 3.8) is 0 Å². The van der Waals surface area contributed by atoms with Gasteiger partial charge in [-0.15, -0.1) is 11.8 Å². The van der Waals surface area contributed by atoms with E-state index in [1.165, 1.54) is 6.92 Å². The highest BCUT2D eigenvalue weighted by atomic mass is 32.2. The van der Waals surface area contributed by atoms with Crippen molar-refractivity contribution in [1.29, 1.82) is 0 Å². The molecule has 0 aliphatic rings. The molecule has 0 aliphatic carbocycles. The SMILES string of the molecule is Cc1ccc(NC(=O)CSCC(=O)OC(C)C(=O)NC(N)=O)c(C)c1. The van der Waals surface area contributed by atoms with Gasteiger partial charge in [-0.1, -0.05) is 17.7 Å². The molecule has 0 radical (unpaired) electrons. The highest BCUT2D eigenvalue weighted by Gasteiger charge is 2.19.